The molecule has 0 spiro atoms. The fraction of sp³-hybridized carbons (Fsp3) is 0.118. The predicted octanol–water partition coefficient (Wildman–Crippen LogP) is 3.48. The number of amides is 1. The monoisotopic (exact) mass is 249 g/mol. The minimum absolute atomic E-state index is 0.128. The van der Waals surface area contributed by atoms with E-state index in [1.54, 1.807) is 6.07 Å². The lowest BCUT2D eigenvalue weighted by Crippen LogP contribution is -2.11. The molecule has 0 saturated heterocycles. The summed E-state index contributed by atoms with van der Waals surface area (Å²) in [5, 5.41) is 2.84. The van der Waals surface area contributed by atoms with Gasteiger partial charge >= 0.3 is 0 Å². The molecule has 2 rings (SSSR count). The van der Waals surface area contributed by atoms with E-state index < -0.39 is 0 Å². The summed E-state index contributed by atoms with van der Waals surface area (Å²) in [6.45, 7) is 2.08. The minimum Gasteiger partial charge on any atom is -0.322 e. The Kier molecular flexibility index (Phi) is 4.00. The van der Waals surface area contributed by atoms with Crippen LogP contribution in [0.3, 0.4) is 0 Å². The molecule has 0 unspecified atom stereocenters. The van der Waals surface area contributed by atoms with Crippen molar-refractivity contribution in [3.8, 4) is 12.3 Å². The van der Waals surface area contributed by atoms with Gasteiger partial charge in [0.15, 0.2) is 0 Å². The number of terminal acetylenes is 1. The fourth-order valence-electron chi connectivity index (χ4n) is 1.78. The Balaban J connectivity index is 2.13. The molecule has 0 heterocycles. The first-order valence-electron chi connectivity index (χ1n) is 6.20. The van der Waals surface area contributed by atoms with E-state index in [1.165, 1.54) is 5.56 Å². The van der Waals surface area contributed by atoms with Crippen molar-refractivity contribution in [2.24, 2.45) is 0 Å². The van der Waals surface area contributed by atoms with Crippen LogP contribution >= 0.6 is 0 Å². The van der Waals surface area contributed by atoms with E-state index in [2.05, 4.69) is 18.2 Å². The quantitative estimate of drug-likeness (QED) is 0.829. The maximum atomic E-state index is 12.1. The molecule has 19 heavy (non-hydrogen) atoms. The van der Waals surface area contributed by atoms with Gasteiger partial charge in [-0.15, -0.1) is 6.42 Å². The first-order valence-corrected chi connectivity index (χ1v) is 6.20. The number of hydrogen-bond acceptors (Lipinski definition) is 1. The van der Waals surface area contributed by atoms with E-state index in [9.17, 15) is 4.79 Å². The van der Waals surface area contributed by atoms with Crippen molar-refractivity contribution in [3.05, 3.63) is 65.2 Å². The number of benzene rings is 2. The van der Waals surface area contributed by atoms with Crippen LogP contribution in [0.15, 0.2) is 48.5 Å². The third kappa shape index (κ3) is 3.23. The highest BCUT2D eigenvalue weighted by Gasteiger charge is 2.05. The van der Waals surface area contributed by atoms with E-state index in [-0.39, 0.29) is 5.91 Å². The standard InChI is InChI=1S/C17H15NO/c1-3-13-8-10-15(11-9-13)17(19)18-16-7-5-6-14(4-2)12-16/h2,5-12H,3H2,1H3,(H,18,19). The van der Waals surface area contributed by atoms with Gasteiger partial charge in [0.2, 0.25) is 0 Å². The van der Waals surface area contributed by atoms with Crippen LogP contribution in [0.1, 0.15) is 28.4 Å². The van der Waals surface area contributed by atoms with Crippen molar-refractivity contribution < 1.29 is 4.79 Å². The maximum absolute atomic E-state index is 12.1. The van der Waals surface area contributed by atoms with Crippen LogP contribution < -0.4 is 5.32 Å². The molecule has 2 aromatic carbocycles. The Bertz CT molecular complexity index is 620. The normalized spacial score (nSPS) is 9.68. The van der Waals surface area contributed by atoms with Crippen molar-refractivity contribution in [1.82, 2.24) is 0 Å². The van der Waals surface area contributed by atoms with Crippen molar-refractivity contribution in [2.75, 3.05) is 5.32 Å². The van der Waals surface area contributed by atoms with E-state index in [0.717, 1.165) is 12.0 Å². The van der Waals surface area contributed by atoms with Crippen molar-refractivity contribution >= 4 is 11.6 Å². The molecule has 0 fully saturated rings. The molecule has 0 aromatic heterocycles. The molecule has 94 valence electrons. The summed E-state index contributed by atoms with van der Waals surface area (Å²) >= 11 is 0. The second-order valence-corrected chi connectivity index (χ2v) is 4.23. The zero-order chi connectivity index (χ0) is 13.7. The summed E-state index contributed by atoms with van der Waals surface area (Å²) in [6, 6.07) is 14.8. The first kappa shape index (κ1) is 12.9. The number of carbonyl (C=O) groups is 1. The summed E-state index contributed by atoms with van der Waals surface area (Å²) in [4.78, 5) is 12.1. The number of anilines is 1. The maximum Gasteiger partial charge on any atom is 0.255 e. The summed E-state index contributed by atoms with van der Waals surface area (Å²) in [6.07, 6.45) is 6.29. The predicted molar refractivity (Wildman–Crippen MR) is 78.2 cm³/mol. The van der Waals surface area contributed by atoms with Gasteiger partial charge in [0.25, 0.3) is 5.91 Å². The Labute approximate surface area is 113 Å². The number of nitrogens with one attached hydrogen (secondary N) is 1. The summed E-state index contributed by atoms with van der Waals surface area (Å²) < 4.78 is 0. The van der Waals surface area contributed by atoms with Gasteiger partial charge in [0.05, 0.1) is 0 Å². The molecule has 0 aliphatic heterocycles. The molecule has 2 heteroatoms. The van der Waals surface area contributed by atoms with Crippen LogP contribution in [0, 0.1) is 12.3 Å². The molecule has 0 aliphatic carbocycles. The van der Waals surface area contributed by atoms with E-state index in [4.69, 9.17) is 6.42 Å². The molecule has 0 bridgehead atoms. The zero-order valence-electron chi connectivity index (χ0n) is 10.8. The van der Waals surface area contributed by atoms with Crippen LogP contribution in [0.4, 0.5) is 5.69 Å². The topological polar surface area (TPSA) is 29.1 Å². The average Bonchev–Trinajstić information content (AvgIpc) is 2.47. The SMILES string of the molecule is C#Cc1cccc(NC(=O)c2ccc(CC)cc2)c1. The molecule has 2 aromatic rings. The molecule has 2 nitrogen and oxygen atoms in total. The van der Waals surface area contributed by atoms with Crippen molar-refractivity contribution in [1.29, 1.82) is 0 Å². The highest BCUT2D eigenvalue weighted by molar-refractivity contribution is 6.04. The number of carbonyl (C=O) groups excluding carboxylic acids is 1. The lowest BCUT2D eigenvalue weighted by atomic mass is 10.1. The van der Waals surface area contributed by atoms with Crippen LogP contribution in [0.5, 0.6) is 0 Å². The van der Waals surface area contributed by atoms with E-state index in [1.807, 2.05) is 42.5 Å². The zero-order valence-corrected chi connectivity index (χ0v) is 10.8. The summed E-state index contributed by atoms with van der Waals surface area (Å²) in [5.74, 6) is 2.42. The van der Waals surface area contributed by atoms with Crippen LogP contribution in [-0.2, 0) is 6.42 Å². The molecule has 0 radical (unpaired) electrons. The summed E-state index contributed by atoms with van der Waals surface area (Å²) in [7, 11) is 0. The third-order valence-electron chi connectivity index (χ3n) is 2.91. The van der Waals surface area contributed by atoms with Gasteiger partial charge in [-0.2, -0.15) is 0 Å². The Morgan fingerprint density at radius 2 is 1.95 bits per heavy atom. The van der Waals surface area contributed by atoms with Gasteiger partial charge in [0.1, 0.15) is 0 Å². The Morgan fingerprint density at radius 1 is 1.21 bits per heavy atom. The van der Waals surface area contributed by atoms with Crippen LogP contribution in [0.2, 0.25) is 0 Å². The second-order valence-electron chi connectivity index (χ2n) is 4.23. The number of rotatable bonds is 3. The largest absolute Gasteiger partial charge is 0.322 e. The highest BCUT2D eigenvalue weighted by atomic mass is 16.1. The molecule has 1 amide bonds. The molecule has 0 saturated carbocycles. The van der Waals surface area contributed by atoms with Gasteiger partial charge < -0.3 is 5.32 Å². The van der Waals surface area contributed by atoms with Gasteiger partial charge in [0, 0.05) is 16.8 Å². The molecule has 1 N–H and O–H groups in total. The third-order valence-corrected chi connectivity index (χ3v) is 2.91. The smallest absolute Gasteiger partial charge is 0.255 e. The lowest BCUT2D eigenvalue weighted by molar-refractivity contribution is 0.102. The first-order chi connectivity index (χ1) is 9.22. The molecule has 0 aliphatic rings. The average molecular weight is 249 g/mol. The lowest BCUT2D eigenvalue weighted by Gasteiger charge is -2.06. The second kappa shape index (κ2) is 5.88. The van der Waals surface area contributed by atoms with Crippen molar-refractivity contribution in [3.63, 3.8) is 0 Å². The van der Waals surface area contributed by atoms with E-state index in [0.29, 0.717) is 11.3 Å². The number of aryl methyl sites for hydroxylation is 1. The van der Waals surface area contributed by atoms with E-state index >= 15 is 0 Å². The Hall–Kier alpha value is -2.53. The molecular weight excluding hydrogens is 234 g/mol. The highest BCUT2D eigenvalue weighted by Crippen LogP contribution is 2.12. The van der Waals surface area contributed by atoms with Gasteiger partial charge in [-0.05, 0) is 42.3 Å². The van der Waals surface area contributed by atoms with Gasteiger partial charge in [-0.25, -0.2) is 0 Å². The van der Waals surface area contributed by atoms with Gasteiger partial charge in [-0.1, -0.05) is 31.0 Å². The number of hydrogen-bond donors (Lipinski definition) is 1. The molecular formula is C17H15NO. The fourth-order valence-corrected chi connectivity index (χ4v) is 1.78. The van der Waals surface area contributed by atoms with Crippen LogP contribution in [-0.4, -0.2) is 5.91 Å². The molecule has 0 atom stereocenters. The minimum atomic E-state index is -0.128. The van der Waals surface area contributed by atoms with Gasteiger partial charge in [-0.3, -0.25) is 4.79 Å². The summed E-state index contributed by atoms with van der Waals surface area (Å²) in [5.41, 5.74) is 3.31. The Morgan fingerprint density at radius 3 is 2.58 bits per heavy atom. The van der Waals surface area contributed by atoms with Crippen molar-refractivity contribution in [2.45, 2.75) is 13.3 Å². The van der Waals surface area contributed by atoms with Crippen LogP contribution in [0.25, 0.3) is 0 Å².